The molecule has 2 amide bonds. The Morgan fingerprint density at radius 2 is 1.56 bits per heavy atom. The lowest BCUT2D eigenvalue weighted by molar-refractivity contribution is 0.259. The molecule has 7 heteroatoms. The second-order valence-corrected chi connectivity index (χ2v) is 5.90. The van der Waals surface area contributed by atoms with Crippen LogP contribution in [-0.2, 0) is 0 Å². The van der Waals surface area contributed by atoms with Gasteiger partial charge in [-0.05, 0) is 39.6 Å². The van der Waals surface area contributed by atoms with E-state index >= 15 is 0 Å². The molecule has 0 unspecified atom stereocenters. The summed E-state index contributed by atoms with van der Waals surface area (Å²) in [5.74, 6) is 0.373. The van der Waals surface area contributed by atoms with Gasteiger partial charge in [0, 0.05) is 5.56 Å². The number of rotatable bonds is 4. The zero-order chi connectivity index (χ0) is 18.6. The third-order valence-electron chi connectivity index (χ3n) is 4.19. The number of nitrogens with two attached hydrogens (primary N) is 1. The van der Waals surface area contributed by atoms with E-state index in [1.165, 1.54) is 0 Å². The van der Waals surface area contributed by atoms with Crippen molar-refractivity contribution >= 4 is 11.7 Å². The van der Waals surface area contributed by atoms with Gasteiger partial charge in [-0.3, -0.25) is 0 Å². The third-order valence-corrected chi connectivity index (χ3v) is 4.19. The molecule has 3 aromatic carbocycles. The number of H-pyrrole nitrogens is 1. The van der Waals surface area contributed by atoms with Crippen molar-refractivity contribution in [1.29, 1.82) is 0 Å². The van der Waals surface area contributed by atoms with Crippen LogP contribution in [0.2, 0.25) is 0 Å². The first-order valence-electron chi connectivity index (χ1n) is 8.31. The monoisotopic (exact) mass is 356 g/mol. The average molecular weight is 356 g/mol. The Morgan fingerprint density at radius 1 is 0.852 bits per heavy atom. The van der Waals surface area contributed by atoms with E-state index in [9.17, 15) is 4.79 Å². The van der Waals surface area contributed by atoms with Crippen molar-refractivity contribution < 1.29 is 4.79 Å². The topological polar surface area (TPSA) is 110 Å². The maximum atomic E-state index is 11.3. The average Bonchev–Trinajstić information content (AvgIpc) is 3.23. The molecule has 0 spiro atoms. The molecule has 0 radical (unpaired) electrons. The Morgan fingerprint density at radius 3 is 2.22 bits per heavy atom. The molecule has 0 fully saturated rings. The number of carbonyl (C=O) groups is 1. The number of amides is 2. The number of nitrogens with one attached hydrogen (secondary N) is 2. The summed E-state index contributed by atoms with van der Waals surface area (Å²) in [6.07, 6.45) is 0. The van der Waals surface area contributed by atoms with Gasteiger partial charge in [-0.2, -0.15) is 5.21 Å². The van der Waals surface area contributed by atoms with E-state index in [1.807, 2.05) is 42.5 Å². The number of carbonyl (C=O) groups excluding carboxylic acids is 1. The fraction of sp³-hybridized carbons (Fsp3) is 0. The predicted octanol–water partition coefficient (Wildman–Crippen LogP) is 3.69. The summed E-state index contributed by atoms with van der Waals surface area (Å²) in [6, 6.07) is 23.3. The standard InChI is InChI=1S/C20H16N6O/c21-20(27)22-18-11-10-14(12-17(18)19-23-25-26-24-19)16-9-5-4-8-15(16)13-6-2-1-3-7-13/h1-12H,(H3,21,22,27)(H,23,24,25,26). The molecule has 4 N–H and O–H groups in total. The van der Waals surface area contributed by atoms with Crippen LogP contribution >= 0.6 is 0 Å². The minimum Gasteiger partial charge on any atom is -0.351 e. The van der Waals surface area contributed by atoms with Crippen LogP contribution in [0.3, 0.4) is 0 Å². The van der Waals surface area contributed by atoms with Crippen molar-refractivity contribution in [3.8, 4) is 33.6 Å². The minimum absolute atomic E-state index is 0.373. The first-order chi connectivity index (χ1) is 13.2. The van der Waals surface area contributed by atoms with Gasteiger partial charge in [0.05, 0.1) is 5.69 Å². The lowest BCUT2D eigenvalue weighted by Crippen LogP contribution is -2.19. The third kappa shape index (κ3) is 3.38. The second kappa shape index (κ2) is 7.09. The summed E-state index contributed by atoms with van der Waals surface area (Å²) in [6.45, 7) is 0. The lowest BCUT2D eigenvalue weighted by Gasteiger charge is -2.13. The van der Waals surface area contributed by atoms with Gasteiger partial charge in [0.2, 0.25) is 5.82 Å². The Kier molecular flexibility index (Phi) is 4.32. The number of hydrogen-bond acceptors (Lipinski definition) is 4. The molecule has 4 aromatic rings. The van der Waals surface area contributed by atoms with E-state index in [1.54, 1.807) is 6.07 Å². The number of primary amides is 1. The van der Waals surface area contributed by atoms with Crippen LogP contribution in [0.1, 0.15) is 0 Å². The molecular formula is C20H16N6O. The molecule has 0 saturated carbocycles. The fourth-order valence-corrected chi connectivity index (χ4v) is 3.02. The summed E-state index contributed by atoms with van der Waals surface area (Å²) in [5.41, 5.74) is 10.7. The second-order valence-electron chi connectivity index (χ2n) is 5.90. The number of benzene rings is 3. The summed E-state index contributed by atoms with van der Waals surface area (Å²) in [7, 11) is 0. The molecule has 0 atom stereocenters. The van der Waals surface area contributed by atoms with Crippen molar-refractivity contribution in [2.24, 2.45) is 5.73 Å². The Bertz CT molecular complexity index is 1080. The summed E-state index contributed by atoms with van der Waals surface area (Å²) in [5, 5.41) is 16.7. The van der Waals surface area contributed by atoms with Gasteiger partial charge in [-0.15, -0.1) is 10.2 Å². The molecule has 4 rings (SSSR count). The Labute approximate surface area is 155 Å². The predicted molar refractivity (Wildman–Crippen MR) is 104 cm³/mol. The van der Waals surface area contributed by atoms with Gasteiger partial charge in [-0.25, -0.2) is 4.79 Å². The normalized spacial score (nSPS) is 10.5. The van der Waals surface area contributed by atoms with Gasteiger partial charge in [0.1, 0.15) is 0 Å². The number of hydrogen-bond donors (Lipinski definition) is 3. The lowest BCUT2D eigenvalue weighted by atomic mass is 9.93. The van der Waals surface area contributed by atoms with Crippen LogP contribution in [0.15, 0.2) is 72.8 Å². The van der Waals surface area contributed by atoms with Gasteiger partial charge < -0.3 is 11.1 Å². The zero-order valence-electron chi connectivity index (χ0n) is 14.3. The number of aromatic amines is 1. The molecule has 7 nitrogen and oxygen atoms in total. The number of anilines is 1. The minimum atomic E-state index is -0.655. The molecule has 0 aliphatic heterocycles. The van der Waals surface area contributed by atoms with Crippen molar-refractivity contribution in [2.75, 3.05) is 5.32 Å². The SMILES string of the molecule is NC(=O)Nc1ccc(-c2ccccc2-c2ccccc2)cc1-c1nn[nH]n1. The molecular weight excluding hydrogens is 340 g/mol. The van der Waals surface area contributed by atoms with E-state index in [-0.39, 0.29) is 0 Å². The van der Waals surface area contributed by atoms with E-state index < -0.39 is 6.03 Å². The van der Waals surface area contributed by atoms with Gasteiger partial charge in [-0.1, -0.05) is 60.7 Å². The van der Waals surface area contributed by atoms with Crippen LogP contribution < -0.4 is 11.1 Å². The fourth-order valence-electron chi connectivity index (χ4n) is 3.02. The molecule has 0 saturated heterocycles. The Hall–Kier alpha value is -4.00. The Balaban J connectivity index is 1.87. The van der Waals surface area contributed by atoms with Gasteiger partial charge >= 0.3 is 6.03 Å². The van der Waals surface area contributed by atoms with Crippen molar-refractivity contribution in [3.05, 3.63) is 72.8 Å². The summed E-state index contributed by atoms with van der Waals surface area (Å²) in [4.78, 5) is 11.3. The first-order valence-corrected chi connectivity index (χ1v) is 8.31. The van der Waals surface area contributed by atoms with Crippen molar-refractivity contribution in [2.45, 2.75) is 0 Å². The summed E-state index contributed by atoms with van der Waals surface area (Å²) >= 11 is 0. The molecule has 0 bridgehead atoms. The van der Waals surface area contributed by atoms with Crippen LogP contribution in [0.25, 0.3) is 33.6 Å². The highest BCUT2D eigenvalue weighted by Gasteiger charge is 2.14. The van der Waals surface area contributed by atoms with Crippen LogP contribution in [0.4, 0.5) is 10.5 Å². The van der Waals surface area contributed by atoms with E-state index in [0.717, 1.165) is 22.3 Å². The zero-order valence-corrected chi connectivity index (χ0v) is 14.3. The first kappa shape index (κ1) is 16.5. The number of aromatic nitrogens is 4. The van der Waals surface area contributed by atoms with Crippen LogP contribution in [0, 0.1) is 0 Å². The van der Waals surface area contributed by atoms with E-state index in [0.29, 0.717) is 17.1 Å². The van der Waals surface area contributed by atoms with Crippen molar-refractivity contribution in [3.63, 3.8) is 0 Å². The summed E-state index contributed by atoms with van der Waals surface area (Å²) < 4.78 is 0. The van der Waals surface area contributed by atoms with Crippen LogP contribution in [-0.4, -0.2) is 26.7 Å². The smallest absolute Gasteiger partial charge is 0.316 e. The number of tetrazole rings is 1. The number of urea groups is 1. The maximum Gasteiger partial charge on any atom is 0.316 e. The van der Waals surface area contributed by atoms with Gasteiger partial charge in [0.25, 0.3) is 0 Å². The molecule has 27 heavy (non-hydrogen) atoms. The number of nitrogens with zero attached hydrogens (tertiary/aromatic N) is 3. The molecule has 1 aromatic heterocycles. The van der Waals surface area contributed by atoms with Crippen molar-refractivity contribution in [1.82, 2.24) is 20.6 Å². The molecule has 0 aliphatic rings. The van der Waals surface area contributed by atoms with E-state index in [2.05, 4.69) is 50.2 Å². The van der Waals surface area contributed by atoms with Crippen LogP contribution in [0.5, 0.6) is 0 Å². The highest BCUT2D eigenvalue weighted by atomic mass is 16.2. The maximum absolute atomic E-state index is 11.3. The molecule has 0 aliphatic carbocycles. The molecule has 132 valence electrons. The highest BCUT2D eigenvalue weighted by molar-refractivity contribution is 5.94. The van der Waals surface area contributed by atoms with E-state index in [4.69, 9.17) is 5.73 Å². The van der Waals surface area contributed by atoms with Gasteiger partial charge in [0.15, 0.2) is 0 Å². The highest BCUT2D eigenvalue weighted by Crippen LogP contribution is 2.36. The molecule has 1 heterocycles. The largest absolute Gasteiger partial charge is 0.351 e. The quantitative estimate of drug-likeness (QED) is 0.518.